The van der Waals surface area contributed by atoms with Crippen molar-refractivity contribution in [3.63, 3.8) is 0 Å². The summed E-state index contributed by atoms with van der Waals surface area (Å²) in [5.74, 6) is -0.104. The van der Waals surface area contributed by atoms with Crippen LogP contribution in [0.25, 0.3) is 11.3 Å². The number of hydrogen-bond acceptors (Lipinski definition) is 5. The van der Waals surface area contributed by atoms with E-state index in [0.29, 0.717) is 40.5 Å². The van der Waals surface area contributed by atoms with Gasteiger partial charge in [0, 0.05) is 19.9 Å². The van der Waals surface area contributed by atoms with Crippen molar-refractivity contribution in [3.05, 3.63) is 51.8 Å². The number of carbonyl (C=O) groups excluding carboxylic acids is 1. The number of ether oxygens (including phenoxy) is 2. The molecule has 0 fully saturated rings. The van der Waals surface area contributed by atoms with E-state index in [1.165, 1.54) is 0 Å². The molecule has 0 radical (unpaired) electrons. The average molecular weight is 472 g/mol. The Hall–Kier alpha value is -2.78. The van der Waals surface area contributed by atoms with Crippen LogP contribution in [0, 0.1) is 18.3 Å². The minimum Gasteiger partial charge on any atom is -0.451 e. The fourth-order valence-electron chi connectivity index (χ4n) is 3.38. The smallest absolute Gasteiger partial charge is 0.308 e. The number of halogens is 1. The second-order valence-corrected chi connectivity index (χ2v) is 9.36. The van der Waals surface area contributed by atoms with Crippen LogP contribution in [0.5, 0.6) is 0 Å². The molecule has 0 saturated heterocycles. The maximum absolute atomic E-state index is 12.1. The predicted octanol–water partition coefficient (Wildman–Crippen LogP) is 6.65. The van der Waals surface area contributed by atoms with Gasteiger partial charge in [0.25, 0.3) is 0 Å². The van der Waals surface area contributed by atoms with Crippen LogP contribution in [0.4, 0.5) is 0 Å². The molecule has 0 aliphatic carbocycles. The van der Waals surface area contributed by atoms with Gasteiger partial charge in [-0.2, -0.15) is 10.4 Å². The number of rotatable bonds is 9. The minimum absolute atomic E-state index is 0.0170. The second-order valence-electron chi connectivity index (χ2n) is 8.99. The van der Waals surface area contributed by atoms with Gasteiger partial charge in [0.1, 0.15) is 17.3 Å². The molecule has 1 atom stereocenters. The molecule has 7 heteroatoms. The second kappa shape index (κ2) is 11.4. The average Bonchev–Trinajstić information content (AvgIpc) is 3.05. The Morgan fingerprint density at radius 1 is 1.21 bits per heavy atom. The molecule has 33 heavy (non-hydrogen) atoms. The Morgan fingerprint density at radius 2 is 1.85 bits per heavy atom. The van der Waals surface area contributed by atoms with Crippen LogP contribution in [0.3, 0.4) is 0 Å². The van der Waals surface area contributed by atoms with Crippen molar-refractivity contribution in [2.45, 2.75) is 86.0 Å². The summed E-state index contributed by atoms with van der Waals surface area (Å²) < 4.78 is 13.2. The van der Waals surface area contributed by atoms with Crippen molar-refractivity contribution in [1.29, 1.82) is 5.26 Å². The molecule has 0 saturated carbocycles. The standard InChI is InChI=1S/C26H34ClN3O3/c1-8-10-11-22(31)32-18(4)33-25(24-23(27)17(3)29-30(24)9-2)21(16-28)19-12-14-20(15-13-19)26(5,6)7/h12-15,18H,8-11H2,1-7H3/b25-21-. The van der Waals surface area contributed by atoms with E-state index in [1.807, 2.05) is 38.1 Å². The molecule has 1 aromatic heterocycles. The molecule has 0 spiro atoms. The summed E-state index contributed by atoms with van der Waals surface area (Å²) >= 11 is 6.60. The van der Waals surface area contributed by atoms with Gasteiger partial charge in [0.05, 0.1) is 10.7 Å². The number of aryl methyl sites for hydroxylation is 2. The van der Waals surface area contributed by atoms with Gasteiger partial charge in [-0.25, -0.2) is 0 Å². The van der Waals surface area contributed by atoms with Gasteiger partial charge >= 0.3 is 5.97 Å². The molecule has 2 aromatic rings. The summed E-state index contributed by atoms with van der Waals surface area (Å²) in [5, 5.41) is 15.0. The first kappa shape index (κ1) is 26.5. The molecular weight excluding hydrogens is 438 g/mol. The Labute approximate surface area is 202 Å². The third-order valence-electron chi connectivity index (χ3n) is 5.26. The van der Waals surface area contributed by atoms with Gasteiger partial charge in [-0.3, -0.25) is 9.48 Å². The monoisotopic (exact) mass is 471 g/mol. The topological polar surface area (TPSA) is 77.1 Å². The summed E-state index contributed by atoms with van der Waals surface area (Å²) in [6.45, 7) is 14.3. The molecule has 1 heterocycles. The zero-order valence-electron chi connectivity index (χ0n) is 20.7. The van der Waals surface area contributed by atoms with E-state index in [2.05, 4.69) is 31.9 Å². The molecule has 1 aromatic carbocycles. The Bertz CT molecular complexity index is 1040. The number of benzene rings is 1. The lowest BCUT2D eigenvalue weighted by Crippen LogP contribution is -2.19. The van der Waals surface area contributed by atoms with Crippen molar-refractivity contribution >= 4 is 28.9 Å². The maximum atomic E-state index is 12.1. The number of unbranched alkanes of at least 4 members (excludes halogenated alkanes) is 1. The van der Waals surface area contributed by atoms with Crippen LogP contribution in [-0.4, -0.2) is 22.0 Å². The zero-order chi connectivity index (χ0) is 24.8. The number of allylic oxidation sites excluding steroid dienone is 1. The van der Waals surface area contributed by atoms with Crippen LogP contribution < -0.4 is 0 Å². The van der Waals surface area contributed by atoms with Gasteiger partial charge in [-0.1, -0.05) is 70.0 Å². The van der Waals surface area contributed by atoms with Crippen LogP contribution in [-0.2, 0) is 26.2 Å². The lowest BCUT2D eigenvalue weighted by Gasteiger charge is -2.21. The first-order valence-corrected chi connectivity index (χ1v) is 11.8. The number of hydrogen-bond donors (Lipinski definition) is 0. The van der Waals surface area contributed by atoms with Gasteiger partial charge in [-0.05, 0) is 36.8 Å². The third-order valence-corrected chi connectivity index (χ3v) is 5.72. The van der Waals surface area contributed by atoms with E-state index in [-0.39, 0.29) is 17.1 Å². The lowest BCUT2D eigenvalue weighted by molar-refractivity contribution is -0.164. The largest absolute Gasteiger partial charge is 0.451 e. The first-order valence-electron chi connectivity index (χ1n) is 11.4. The van der Waals surface area contributed by atoms with Crippen molar-refractivity contribution in [3.8, 4) is 6.07 Å². The van der Waals surface area contributed by atoms with E-state index in [4.69, 9.17) is 21.1 Å². The zero-order valence-corrected chi connectivity index (χ0v) is 21.4. The van der Waals surface area contributed by atoms with Gasteiger partial charge in [-0.15, -0.1) is 0 Å². The van der Waals surface area contributed by atoms with Gasteiger partial charge in [0.15, 0.2) is 5.76 Å². The molecule has 0 N–H and O–H groups in total. The SMILES string of the molecule is CCCCC(=O)OC(C)O/C(=C(/C#N)c1ccc(C(C)(C)C)cc1)c1c(Cl)c(C)nn1CC. The van der Waals surface area contributed by atoms with E-state index >= 15 is 0 Å². The highest BCUT2D eigenvalue weighted by Crippen LogP contribution is 2.35. The Kier molecular flexibility index (Phi) is 9.13. The minimum atomic E-state index is -0.905. The summed E-state index contributed by atoms with van der Waals surface area (Å²) in [5.41, 5.74) is 3.23. The number of esters is 1. The summed E-state index contributed by atoms with van der Waals surface area (Å²) in [7, 11) is 0. The van der Waals surface area contributed by atoms with Crippen LogP contribution in [0.1, 0.15) is 83.3 Å². The normalized spacial score (nSPS) is 13.2. The molecule has 6 nitrogen and oxygen atoms in total. The Balaban J connectivity index is 2.59. The fraction of sp³-hybridized carbons (Fsp3) is 0.500. The predicted molar refractivity (Wildman–Crippen MR) is 131 cm³/mol. The van der Waals surface area contributed by atoms with Gasteiger partial charge in [0.2, 0.25) is 6.29 Å². The molecule has 2 rings (SSSR count). The number of nitriles is 1. The maximum Gasteiger partial charge on any atom is 0.308 e. The number of aromatic nitrogens is 2. The van der Waals surface area contributed by atoms with Crippen molar-refractivity contribution in [2.75, 3.05) is 0 Å². The van der Waals surface area contributed by atoms with Gasteiger partial charge < -0.3 is 9.47 Å². The molecule has 0 bridgehead atoms. The van der Waals surface area contributed by atoms with E-state index < -0.39 is 6.29 Å². The van der Waals surface area contributed by atoms with E-state index in [0.717, 1.165) is 18.4 Å². The van der Waals surface area contributed by atoms with Crippen LogP contribution in [0.15, 0.2) is 24.3 Å². The molecule has 0 aliphatic rings. The molecule has 1 unspecified atom stereocenters. The lowest BCUT2D eigenvalue weighted by atomic mass is 9.86. The van der Waals surface area contributed by atoms with Crippen molar-refractivity contribution < 1.29 is 14.3 Å². The molecule has 0 amide bonds. The quantitative estimate of drug-likeness (QED) is 0.177. The highest BCUT2D eigenvalue weighted by Gasteiger charge is 2.26. The van der Waals surface area contributed by atoms with Crippen LogP contribution >= 0.6 is 11.6 Å². The highest BCUT2D eigenvalue weighted by molar-refractivity contribution is 6.33. The van der Waals surface area contributed by atoms with E-state index in [1.54, 1.807) is 18.5 Å². The summed E-state index contributed by atoms with van der Waals surface area (Å²) in [6, 6.07) is 10.1. The molecular formula is C26H34ClN3O3. The van der Waals surface area contributed by atoms with Crippen LogP contribution in [0.2, 0.25) is 5.02 Å². The summed E-state index contributed by atoms with van der Waals surface area (Å²) in [4.78, 5) is 12.1. The van der Waals surface area contributed by atoms with E-state index in [9.17, 15) is 10.1 Å². The third kappa shape index (κ3) is 6.61. The van der Waals surface area contributed by atoms with Crippen molar-refractivity contribution in [1.82, 2.24) is 9.78 Å². The molecule has 178 valence electrons. The molecule has 0 aliphatic heterocycles. The van der Waals surface area contributed by atoms with Crippen molar-refractivity contribution in [2.24, 2.45) is 0 Å². The first-order chi connectivity index (χ1) is 15.5. The highest BCUT2D eigenvalue weighted by atomic mass is 35.5. The number of nitrogens with zero attached hydrogens (tertiary/aromatic N) is 3. The Morgan fingerprint density at radius 3 is 2.36 bits per heavy atom. The fourth-order valence-corrected chi connectivity index (χ4v) is 3.60. The number of carbonyl (C=O) groups is 1. The summed E-state index contributed by atoms with van der Waals surface area (Å²) in [6.07, 6.45) is 1.04.